The van der Waals surface area contributed by atoms with Gasteiger partial charge < -0.3 is 10.2 Å². The zero-order chi connectivity index (χ0) is 8.55. The van der Waals surface area contributed by atoms with E-state index >= 15 is 0 Å². The van der Waals surface area contributed by atoms with Crippen LogP contribution in [0, 0.1) is 11.8 Å². The molecule has 2 aliphatic heterocycles. The summed E-state index contributed by atoms with van der Waals surface area (Å²) in [6.07, 6.45) is 1.40. The molecule has 2 unspecified atom stereocenters. The van der Waals surface area contributed by atoms with Gasteiger partial charge in [-0.3, -0.25) is 0 Å². The molecule has 2 aliphatic rings. The first-order valence-corrected chi connectivity index (χ1v) is 5.22. The van der Waals surface area contributed by atoms with E-state index in [1.54, 1.807) is 0 Å². The Morgan fingerprint density at radius 2 is 2.08 bits per heavy atom. The summed E-state index contributed by atoms with van der Waals surface area (Å²) in [6.45, 7) is 9.92. The molecule has 0 bridgehead atoms. The number of hydrogen-bond acceptors (Lipinski definition) is 2. The molecule has 0 spiro atoms. The predicted molar refractivity (Wildman–Crippen MR) is 51.2 cm³/mol. The highest BCUT2D eigenvalue weighted by atomic mass is 15.2. The van der Waals surface area contributed by atoms with E-state index in [2.05, 4.69) is 24.1 Å². The molecule has 0 aromatic carbocycles. The standard InChI is InChI=1S/C10H20N2/c1-8-3-4-12(9(8)2)7-10-5-11-6-10/h8-11H,3-7H2,1-2H3. The maximum Gasteiger partial charge on any atom is 0.00931 e. The van der Waals surface area contributed by atoms with Crippen LogP contribution >= 0.6 is 0 Å². The minimum absolute atomic E-state index is 0.825. The van der Waals surface area contributed by atoms with Crippen molar-refractivity contribution in [3.05, 3.63) is 0 Å². The number of likely N-dealkylation sites (tertiary alicyclic amines) is 1. The van der Waals surface area contributed by atoms with Gasteiger partial charge in [0.2, 0.25) is 0 Å². The molecule has 12 heavy (non-hydrogen) atoms. The van der Waals surface area contributed by atoms with Gasteiger partial charge >= 0.3 is 0 Å². The second-order valence-corrected chi connectivity index (χ2v) is 4.53. The maximum atomic E-state index is 3.33. The SMILES string of the molecule is CC1CCN(CC2CNC2)C1C. The first-order chi connectivity index (χ1) is 5.77. The molecule has 2 heterocycles. The van der Waals surface area contributed by atoms with E-state index in [0.717, 1.165) is 17.9 Å². The van der Waals surface area contributed by atoms with E-state index in [-0.39, 0.29) is 0 Å². The largest absolute Gasteiger partial charge is 0.316 e. The lowest BCUT2D eigenvalue weighted by Crippen LogP contribution is -2.49. The predicted octanol–water partition coefficient (Wildman–Crippen LogP) is 0.936. The van der Waals surface area contributed by atoms with Crippen LogP contribution in [0.4, 0.5) is 0 Å². The quantitative estimate of drug-likeness (QED) is 0.660. The topological polar surface area (TPSA) is 15.3 Å². The monoisotopic (exact) mass is 168 g/mol. The molecule has 0 saturated carbocycles. The Hall–Kier alpha value is -0.0800. The molecule has 0 aromatic rings. The summed E-state index contributed by atoms with van der Waals surface area (Å²) in [6, 6.07) is 0.825. The Kier molecular flexibility index (Phi) is 2.37. The average molecular weight is 168 g/mol. The number of nitrogens with one attached hydrogen (secondary N) is 1. The van der Waals surface area contributed by atoms with Gasteiger partial charge in [0, 0.05) is 25.7 Å². The van der Waals surface area contributed by atoms with Gasteiger partial charge in [-0.1, -0.05) is 6.92 Å². The molecular formula is C10H20N2. The lowest BCUT2D eigenvalue weighted by molar-refractivity contribution is 0.177. The average Bonchev–Trinajstić information content (AvgIpc) is 2.27. The van der Waals surface area contributed by atoms with Crippen molar-refractivity contribution in [3.63, 3.8) is 0 Å². The third kappa shape index (κ3) is 1.50. The van der Waals surface area contributed by atoms with Crippen LogP contribution in [0.2, 0.25) is 0 Å². The molecule has 2 atom stereocenters. The van der Waals surface area contributed by atoms with Gasteiger partial charge in [-0.2, -0.15) is 0 Å². The molecular weight excluding hydrogens is 148 g/mol. The summed E-state index contributed by atoms with van der Waals surface area (Å²) in [4.78, 5) is 2.66. The van der Waals surface area contributed by atoms with Crippen LogP contribution in [0.5, 0.6) is 0 Å². The molecule has 2 rings (SSSR count). The van der Waals surface area contributed by atoms with Gasteiger partial charge in [0.1, 0.15) is 0 Å². The Morgan fingerprint density at radius 3 is 2.50 bits per heavy atom. The summed E-state index contributed by atoms with van der Waals surface area (Å²) in [5, 5.41) is 3.33. The van der Waals surface area contributed by atoms with Crippen molar-refractivity contribution in [1.29, 1.82) is 0 Å². The molecule has 0 aliphatic carbocycles. The van der Waals surface area contributed by atoms with Gasteiger partial charge in [-0.05, 0) is 31.7 Å². The van der Waals surface area contributed by atoms with Crippen LogP contribution in [-0.4, -0.2) is 37.1 Å². The van der Waals surface area contributed by atoms with E-state index in [0.29, 0.717) is 0 Å². The number of hydrogen-bond donors (Lipinski definition) is 1. The fraction of sp³-hybridized carbons (Fsp3) is 1.00. The van der Waals surface area contributed by atoms with Crippen molar-refractivity contribution < 1.29 is 0 Å². The third-order valence-electron chi connectivity index (χ3n) is 3.63. The maximum absolute atomic E-state index is 3.33. The van der Waals surface area contributed by atoms with Crippen LogP contribution in [0.15, 0.2) is 0 Å². The van der Waals surface area contributed by atoms with Crippen molar-refractivity contribution in [2.45, 2.75) is 26.3 Å². The van der Waals surface area contributed by atoms with Crippen molar-refractivity contribution in [2.75, 3.05) is 26.2 Å². The Morgan fingerprint density at radius 1 is 1.33 bits per heavy atom. The highest BCUT2D eigenvalue weighted by Gasteiger charge is 2.30. The van der Waals surface area contributed by atoms with E-state index in [4.69, 9.17) is 0 Å². The number of nitrogens with zero attached hydrogens (tertiary/aromatic N) is 1. The van der Waals surface area contributed by atoms with Crippen LogP contribution in [0.1, 0.15) is 20.3 Å². The molecule has 2 heteroatoms. The lowest BCUT2D eigenvalue weighted by atomic mass is 10.0. The van der Waals surface area contributed by atoms with Crippen molar-refractivity contribution in [2.24, 2.45) is 11.8 Å². The lowest BCUT2D eigenvalue weighted by Gasteiger charge is -2.33. The van der Waals surface area contributed by atoms with Gasteiger partial charge in [0.15, 0.2) is 0 Å². The molecule has 0 radical (unpaired) electrons. The fourth-order valence-corrected chi connectivity index (χ4v) is 2.24. The summed E-state index contributed by atoms with van der Waals surface area (Å²) in [5.74, 6) is 1.86. The summed E-state index contributed by atoms with van der Waals surface area (Å²) in [5.41, 5.74) is 0. The van der Waals surface area contributed by atoms with Crippen molar-refractivity contribution in [3.8, 4) is 0 Å². The first-order valence-electron chi connectivity index (χ1n) is 5.22. The second-order valence-electron chi connectivity index (χ2n) is 4.53. The number of rotatable bonds is 2. The summed E-state index contributed by atoms with van der Waals surface area (Å²) < 4.78 is 0. The first kappa shape index (κ1) is 8.52. The highest BCUT2D eigenvalue weighted by molar-refractivity contribution is 4.86. The van der Waals surface area contributed by atoms with E-state index in [1.807, 2.05) is 0 Å². The minimum Gasteiger partial charge on any atom is -0.316 e. The Balaban J connectivity index is 1.79. The van der Waals surface area contributed by atoms with E-state index in [9.17, 15) is 0 Å². The molecule has 2 fully saturated rings. The second kappa shape index (κ2) is 3.35. The smallest absolute Gasteiger partial charge is 0.00931 e. The summed E-state index contributed by atoms with van der Waals surface area (Å²) in [7, 11) is 0. The Bertz CT molecular complexity index is 154. The van der Waals surface area contributed by atoms with Crippen LogP contribution in [0.3, 0.4) is 0 Å². The zero-order valence-electron chi connectivity index (χ0n) is 8.21. The Labute approximate surface area is 75.3 Å². The molecule has 0 amide bonds. The molecule has 70 valence electrons. The molecule has 2 saturated heterocycles. The zero-order valence-corrected chi connectivity index (χ0v) is 8.21. The van der Waals surface area contributed by atoms with Crippen molar-refractivity contribution in [1.82, 2.24) is 10.2 Å². The van der Waals surface area contributed by atoms with Crippen LogP contribution < -0.4 is 5.32 Å². The van der Waals surface area contributed by atoms with E-state index in [1.165, 1.54) is 32.6 Å². The van der Waals surface area contributed by atoms with Gasteiger partial charge in [0.25, 0.3) is 0 Å². The van der Waals surface area contributed by atoms with E-state index < -0.39 is 0 Å². The fourth-order valence-electron chi connectivity index (χ4n) is 2.24. The van der Waals surface area contributed by atoms with Crippen LogP contribution in [-0.2, 0) is 0 Å². The highest BCUT2D eigenvalue weighted by Crippen LogP contribution is 2.24. The van der Waals surface area contributed by atoms with Crippen molar-refractivity contribution >= 4 is 0 Å². The normalized spacial score (nSPS) is 38.5. The van der Waals surface area contributed by atoms with Gasteiger partial charge in [0.05, 0.1) is 0 Å². The third-order valence-corrected chi connectivity index (χ3v) is 3.63. The molecule has 1 N–H and O–H groups in total. The minimum atomic E-state index is 0.825. The van der Waals surface area contributed by atoms with Gasteiger partial charge in [-0.25, -0.2) is 0 Å². The molecule has 0 aromatic heterocycles. The van der Waals surface area contributed by atoms with Gasteiger partial charge in [-0.15, -0.1) is 0 Å². The van der Waals surface area contributed by atoms with Crippen LogP contribution in [0.25, 0.3) is 0 Å². The molecule has 2 nitrogen and oxygen atoms in total. The summed E-state index contributed by atoms with van der Waals surface area (Å²) >= 11 is 0.